The van der Waals surface area contributed by atoms with Crippen molar-refractivity contribution in [1.82, 2.24) is 0 Å². The normalized spacial score (nSPS) is 12.7. The van der Waals surface area contributed by atoms with E-state index in [1.165, 1.54) is 199 Å². The van der Waals surface area contributed by atoms with Gasteiger partial charge in [0.2, 0.25) is 0 Å². The maximum absolute atomic E-state index is 12.9. The summed E-state index contributed by atoms with van der Waals surface area (Å²) in [7, 11) is 0. The van der Waals surface area contributed by atoms with Gasteiger partial charge in [0.25, 0.3) is 0 Å². The molecule has 82 heavy (non-hydrogen) atoms. The molecule has 0 N–H and O–H groups in total. The molecule has 1 atom stereocenters. The van der Waals surface area contributed by atoms with Crippen molar-refractivity contribution in [1.29, 1.82) is 0 Å². The van der Waals surface area contributed by atoms with Gasteiger partial charge in [0.15, 0.2) is 6.10 Å². The average Bonchev–Trinajstić information content (AvgIpc) is 3.47. The van der Waals surface area contributed by atoms with Crippen molar-refractivity contribution in [2.24, 2.45) is 0 Å². The second kappa shape index (κ2) is 69.8. The lowest BCUT2D eigenvalue weighted by molar-refractivity contribution is -0.166. The van der Waals surface area contributed by atoms with Crippen LogP contribution in [0.3, 0.4) is 0 Å². The van der Waals surface area contributed by atoms with Crippen LogP contribution in [0.1, 0.15) is 348 Å². The Morgan fingerprint density at radius 3 is 0.817 bits per heavy atom. The molecule has 0 aliphatic rings. The zero-order chi connectivity index (χ0) is 59.2. The van der Waals surface area contributed by atoms with Gasteiger partial charge >= 0.3 is 17.9 Å². The molecule has 0 heterocycles. The third kappa shape index (κ3) is 67.1. The minimum Gasteiger partial charge on any atom is -0.462 e. The molecule has 0 radical (unpaired) electrons. The van der Waals surface area contributed by atoms with Crippen molar-refractivity contribution in [3.05, 3.63) is 97.2 Å². The first-order valence-corrected chi connectivity index (χ1v) is 35.2. The van der Waals surface area contributed by atoms with Gasteiger partial charge in [-0.1, -0.05) is 343 Å². The quantitative estimate of drug-likeness (QED) is 0.0261. The SMILES string of the molecule is CC/C=C\C/C=C\C/C=C\C/C=C\CCCCCCC(=O)OC(COC(=O)CC/C=C\C/C=C\C/C=C\C/C=C\CC)COC(=O)CCCCCCCCCCCCCCCCCCCCCCCCCCCCCCCCCCCC. The van der Waals surface area contributed by atoms with Gasteiger partial charge in [0.05, 0.1) is 0 Å². The topological polar surface area (TPSA) is 78.9 Å². The Bertz CT molecular complexity index is 1590. The molecule has 0 spiro atoms. The monoisotopic (exact) mass is 1140 g/mol. The van der Waals surface area contributed by atoms with Crippen molar-refractivity contribution >= 4 is 17.9 Å². The molecule has 472 valence electrons. The van der Waals surface area contributed by atoms with E-state index in [0.717, 1.165) is 103 Å². The highest BCUT2D eigenvalue weighted by molar-refractivity contribution is 5.71. The first kappa shape index (κ1) is 78.3. The molecule has 1 unspecified atom stereocenters. The molecule has 6 heteroatoms. The number of carbonyl (C=O) groups is 3. The van der Waals surface area contributed by atoms with Gasteiger partial charge in [-0.15, -0.1) is 0 Å². The Morgan fingerprint density at radius 1 is 0.256 bits per heavy atom. The zero-order valence-corrected chi connectivity index (χ0v) is 54.2. The van der Waals surface area contributed by atoms with Crippen molar-refractivity contribution in [2.45, 2.75) is 354 Å². The Kier molecular flexibility index (Phi) is 66.7. The van der Waals surface area contributed by atoms with E-state index >= 15 is 0 Å². The minimum atomic E-state index is -0.820. The van der Waals surface area contributed by atoms with E-state index in [0.29, 0.717) is 12.8 Å². The predicted octanol–water partition coefficient (Wildman–Crippen LogP) is 24.4. The van der Waals surface area contributed by atoms with E-state index in [2.05, 4.69) is 112 Å². The smallest absolute Gasteiger partial charge is 0.306 e. The number of unbranched alkanes of at least 4 members (excludes halogenated alkanes) is 37. The summed E-state index contributed by atoms with van der Waals surface area (Å²) in [6.07, 6.45) is 94.9. The average molecular weight is 1140 g/mol. The molecule has 0 fully saturated rings. The second-order valence-electron chi connectivity index (χ2n) is 23.4. The summed E-state index contributed by atoms with van der Waals surface area (Å²) in [6, 6.07) is 0. The van der Waals surface area contributed by atoms with E-state index in [9.17, 15) is 14.4 Å². The number of rotatable bonds is 64. The van der Waals surface area contributed by atoms with Gasteiger partial charge in [0.1, 0.15) is 13.2 Å². The van der Waals surface area contributed by atoms with E-state index in [1.54, 1.807) is 0 Å². The van der Waals surface area contributed by atoms with Gasteiger partial charge in [-0.3, -0.25) is 14.4 Å². The molecular weight excluding hydrogens is 1010 g/mol. The van der Waals surface area contributed by atoms with Gasteiger partial charge in [-0.2, -0.15) is 0 Å². The van der Waals surface area contributed by atoms with Crippen LogP contribution in [0.5, 0.6) is 0 Å². The van der Waals surface area contributed by atoms with Crippen LogP contribution in [0.4, 0.5) is 0 Å². The van der Waals surface area contributed by atoms with Gasteiger partial charge in [-0.25, -0.2) is 0 Å². The van der Waals surface area contributed by atoms with E-state index in [1.807, 2.05) is 6.08 Å². The largest absolute Gasteiger partial charge is 0.462 e. The lowest BCUT2D eigenvalue weighted by atomic mass is 10.0. The summed E-state index contributed by atoms with van der Waals surface area (Å²) in [5.41, 5.74) is 0. The van der Waals surface area contributed by atoms with Crippen molar-refractivity contribution < 1.29 is 28.6 Å². The Hall–Kier alpha value is -3.67. The van der Waals surface area contributed by atoms with Crippen LogP contribution in [0.25, 0.3) is 0 Å². The van der Waals surface area contributed by atoms with E-state index in [4.69, 9.17) is 14.2 Å². The third-order valence-corrected chi connectivity index (χ3v) is 15.3. The second-order valence-corrected chi connectivity index (χ2v) is 23.4. The van der Waals surface area contributed by atoms with Gasteiger partial charge in [0, 0.05) is 19.3 Å². The highest BCUT2D eigenvalue weighted by atomic mass is 16.6. The first-order chi connectivity index (χ1) is 40.5. The van der Waals surface area contributed by atoms with E-state index in [-0.39, 0.29) is 44.0 Å². The molecule has 0 aromatic rings. The fraction of sp³-hybridized carbons (Fsp3) is 0.750. The van der Waals surface area contributed by atoms with Crippen LogP contribution in [0.15, 0.2) is 97.2 Å². The van der Waals surface area contributed by atoms with Gasteiger partial charge < -0.3 is 14.2 Å². The zero-order valence-electron chi connectivity index (χ0n) is 54.2. The Balaban J connectivity index is 4.15. The number of hydrogen-bond donors (Lipinski definition) is 0. The number of ether oxygens (including phenoxy) is 3. The summed E-state index contributed by atoms with van der Waals surface area (Å²) in [5, 5.41) is 0. The van der Waals surface area contributed by atoms with Crippen LogP contribution in [-0.4, -0.2) is 37.2 Å². The molecule has 0 aliphatic heterocycles. The third-order valence-electron chi connectivity index (χ3n) is 15.3. The number of hydrogen-bond acceptors (Lipinski definition) is 6. The number of allylic oxidation sites excluding steroid dienone is 16. The summed E-state index contributed by atoms with van der Waals surface area (Å²) in [4.78, 5) is 38.3. The lowest BCUT2D eigenvalue weighted by Gasteiger charge is -2.18. The fourth-order valence-corrected chi connectivity index (χ4v) is 10.2. The first-order valence-electron chi connectivity index (χ1n) is 35.2. The summed E-state index contributed by atoms with van der Waals surface area (Å²) in [6.45, 7) is 6.36. The molecule has 0 rings (SSSR count). The minimum absolute atomic E-state index is 0.108. The van der Waals surface area contributed by atoms with Crippen LogP contribution < -0.4 is 0 Å². The number of carbonyl (C=O) groups excluding carboxylic acids is 3. The van der Waals surface area contributed by atoms with Crippen LogP contribution >= 0.6 is 0 Å². The van der Waals surface area contributed by atoms with Crippen LogP contribution in [0, 0.1) is 0 Å². The molecule has 0 bridgehead atoms. The maximum Gasteiger partial charge on any atom is 0.306 e. The van der Waals surface area contributed by atoms with E-state index < -0.39 is 6.10 Å². The lowest BCUT2D eigenvalue weighted by Crippen LogP contribution is -2.30. The molecule has 0 saturated carbocycles. The van der Waals surface area contributed by atoms with Crippen molar-refractivity contribution in [3.8, 4) is 0 Å². The Labute approximate surface area is 508 Å². The Morgan fingerprint density at radius 2 is 0.500 bits per heavy atom. The molecular formula is C76H132O6. The van der Waals surface area contributed by atoms with Crippen molar-refractivity contribution in [3.63, 3.8) is 0 Å². The molecule has 0 aromatic carbocycles. The fourth-order valence-electron chi connectivity index (χ4n) is 10.2. The van der Waals surface area contributed by atoms with Gasteiger partial charge in [-0.05, 0) is 83.5 Å². The summed E-state index contributed by atoms with van der Waals surface area (Å²) >= 11 is 0. The predicted molar refractivity (Wildman–Crippen MR) is 357 cm³/mol. The molecule has 0 aromatic heterocycles. The standard InChI is InChI=1S/C76H132O6/c1-4-7-10-13-16-19-22-25-27-29-30-31-32-33-34-35-36-37-38-39-40-41-42-43-44-45-47-48-51-54-57-60-63-66-69-75(78)81-72-73(71-80-74(77)68-65-62-59-56-53-50-24-21-18-15-12-9-6-3)82-76(79)70-67-64-61-58-55-52-49-46-28-26-23-20-17-14-11-8-5-2/h8-9,11-12,17-18,20-21,26,28,49-50,52-53,59,62,73H,4-7,10,13-16,19,22-25,27,29-48,51,54-58,60-61,63-72H2,1-3H3/b11-8-,12-9-,20-17-,21-18-,28-26-,52-49-,53-50-,62-59-. The summed E-state index contributed by atoms with van der Waals surface area (Å²) < 4.78 is 16.8. The molecule has 0 aliphatic carbocycles. The van der Waals surface area contributed by atoms with Crippen molar-refractivity contribution in [2.75, 3.05) is 13.2 Å². The molecule has 0 saturated heterocycles. The molecule has 6 nitrogen and oxygen atoms in total. The maximum atomic E-state index is 12.9. The highest BCUT2D eigenvalue weighted by Gasteiger charge is 2.19. The number of esters is 3. The highest BCUT2D eigenvalue weighted by Crippen LogP contribution is 2.18. The molecule has 0 amide bonds. The summed E-state index contributed by atoms with van der Waals surface area (Å²) in [5.74, 6) is -1.01. The van der Waals surface area contributed by atoms with Crippen LogP contribution in [-0.2, 0) is 28.6 Å². The van der Waals surface area contributed by atoms with Crippen LogP contribution in [0.2, 0.25) is 0 Å².